The number of hydrazone groups is 1. The van der Waals surface area contributed by atoms with Gasteiger partial charge in [0.2, 0.25) is 17.8 Å². The summed E-state index contributed by atoms with van der Waals surface area (Å²) in [6, 6.07) is 13.5. The van der Waals surface area contributed by atoms with E-state index in [0.29, 0.717) is 18.4 Å². The third kappa shape index (κ3) is 5.38. The summed E-state index contributed by atoms with van der Waals surface area (Å²) in [6.45, 7) is 0.530. The standard InChI is InChI=1S/C19H20N8O3/c1-26(2)19-23-17(20-11-13-6-4-3-5-7-13)22-18(24-19)25-21-12-14-10-15(27(29)30)8-9-16(14)28/h3-10,12,28H,11H2,1-2H3,(H2,20,22,23,24,25). The van der Waals surface area contributed by atoms with Gasteiger partial charge in [0.05, 0.1) is 11.1 Å². The number of hydrogen-bond donors (Lipinski definition) is 3. The third-order valence-electron chi connectivity index (χ3n) is 3.91. The Bertz CT molecular complexity index is 1060. The minimum atomic E-state index is -0.551. The minimum Gasteiger partial charge on any atom is -0.507 e. The molecule has 3 N–H and O–H groups in total. The second-order valence-corrected chi connectivity index (χ2v) is 6.39. The van der Waals surface area contributed by atoms with Crippen LogP contribution in [0, 0.1) is 10.1 Å². The Morgan fingerprint density at radius 2 is 1.87 bits per heavy atom. The van der Waals surface area contributed by atoms with Crippen LogP contribution in [0.4, 0.5) is 23.5 Å². The maximum absolute atomic E-state index is 10.9. The predicted molar refractivity (Wildman–Crippen MR) is 114 cm³/mol. The third-order valence-corrected chi connectivity index (χ3v) is 3.91. The highest BCUT2D eigenvalue weighted by Crippen LogP contribution is 2.21. The molecule has 11 nitrogen and oxygen atoms in total. The van der Waals surface area contributed by atoms with Crippen molar-refractivity contribution in [1.82, 2.24) is 15.0 Å². The molecule has 0 saturated heterocycles. The maximum Gasteiger partial charge on any atom is 0.270 e. The summed E-state index contributed by atoms with van der Waals surface area (Å²) in [7, 11) is 3.59. The number of phenolic OH excluding ortho intramolecular Hbond substituents is 1. The van der Waals surface area contributed by atoms with Gasteiger partial charge >= 0.3 is 0 Å². The smallest absolute Gasteiger partial charge is 0.270 e. The van der Waals surface area contributed by atoms with Gasteiger partial charge in [-0.1, -0.05) is 30.3 Å². The Balaban J connectivity index is 1.76. The van der Waals surface area contributed by atoms with Crippen molar-refractivity contribution in [1.29, 1.82) is 0 Å². The summed E-state index contributed by atoms with van der Waals surface area (Å²) in [5.74, 6) is 0.802. The fourth-order valence-corrected chi connectivity index (χ4v) is 2.39. The molecule has 0 atom stereocenters. The monoisotopic (exact) mass is 408 g/mol. The summed E-state index contributed by atoms with van der Waals surface area (Å²) in [5.41, 5.74) is 3.76. The highest BCUT2D eigenvalue weighted by atomic mass is 16.6. The van der Waals surface area contributed by atoms with Gasteiger partial charge in [-0.2, -0.15) is 20.1 Å². The lowest BCUT2D eigenvalue weighted by atomic mass is 10.2. The number of nitrogens with one attached hydrogen (secondary N) is 2. The van der Waals surface area contributed by atoms with Gasteiger partial charge in [-0.15, -0.1) is 0 Å². The van der Waals surface area contributed by atoms with Gasteiger partial charge in [0.15, 0.2) is 0 Å². The molecule has 1 aromatic heterocycles. The van der Waals surface area contributed by atoms with Crippen molar-refractivity contribution in [2.24, 2.45) is 5.10 Å². The lowest BCUT2D eigenvalue weighted by Gasteiger charge is -2.13. The summed E-state index contributed by atoms with van der Waals surface area (Å²) in [5, 5.41) is 27.9. The number of benzene rings is 2. The van der Waals surface area contributed by atoms with E-state index in [4.69, 9.17) is 0 Å². The van der Waals surface area contributed by atoms with Crippen molar-refractivity contribution in [3.05, 3.63) is 69.8 Å². The molecule has 154 valence electrons. The summed E-state index contributed by atoms with van der Waals surface area (Å²) in [6.07, 6.45) is 1.25. The molecule has 0 spiro atoms. The zero-order valence-corrected chi connectivity index (χ0v) is 16.4. The zero-order valence-electron chi connectivity index (χ0n) is 16.4. The molecule has 0 fully saturated rings. The average Bonchev–Trinajstić information content (AvgIpc) is 2.74. The number of nitro benzene ring substituents is 1. The Labute approximate surface area is 172 Å². The Morgan fingerprint density at radius 3 is 2.57 bits per heavy atom. The van der Waals surface area contributed by atoms with E-state index >= 15 is 0 Å². The number of aromatic hydroxyl groups is 1. The van der Waals surface area contributed by atoms with E-state index in [1.54, 1.807) is 19.0 Å². The average molecular weight is 408 g/mol. The van der Waals surface area contributed by atoms with Crippen LogP contribution in [0.5, 0.6) is 5.75 Å². The Kier molecular flexibility index (Phi) is 6.33. The fraction of sp³-hybridized carbons (Fsp3) is 0.158. The number of nitrogens with zero attached hydrogens (tertiary/aromatic N) is 6. The van der Waals surface area contributed by atoms with Crippen LogP contribution in [0.3, 0.4) is 0 Å². The van der Waals surface area contributed by atoms with Crippen LogP contribution in [-0.2, 0) is 6.54 Å². The van der Waals surface area contributed by atoms with Crippen LogP contribution in [0.25, 0.3) is 0 Å². The van der Waals surface area contributed by atoms with Crippen molar-refractivity contribution in [2.75, 3.05) is 29.7 Å². The van der Waals surface area contributed by atoms with Crippen molar-refractivity contribution in [3.63, 3.8) is 0 Å². The quantitative estimate of drug-likeness (QED) is 0.291. The van der Waals surface area contributed by atoms with Crippen LogP contribution in [-0.4, -0.2) is 45.3 Å². The van der Waals surface area contributed by atoms with E-state index in [2.05, 4.69) is 30.8 Å². The van der Waals surface area contributed by atoms with Gasteiger partial charge in [-0.05, 0) is 11.6 Å². The van der Waals surface area contributed by atoms with Crippen LogP contribution in [0.15, 0.2) is 53.6 Å². The number of phenols is 1. The number of aromatic nitrogens is 3. The highest BCUT2D eigenvalue weighted by molar-refractivity contribution is 5.84. The van der Waals surface area contributed by atoms with E-state index < -0.39 is 4.92 Å². The first-order valence-electron chi connectivity index (χ1n) is 8.90. The predicted octanol–water partition coefficient (Wildman–Crippen LogP) is 2.61. The molecule has 0 bridgehead atoms. The number of nitro groups is 1. The Hall–Kier alpha value is -4.28. The van der Waals surface area contributed by atoms with Gasteiger partial charge in [-0.3, -0.25) is 10.1 Å². The summed E-state index contributed by atoms with van der Waals surface area (Å²) in [4.78, 5) is 24.9. The molecule has 1 heterocycles. The lowest BCUT2D eigenvalue weighted by Crippen LogP contribution is -2.16. The van der Waals surface area contributed by atoms with Crippen LogP contribution in [0.2, 0.25) is 0 Å². The molecule has 0 radical (unpaired) electrons. The second kappa shape index (κ2) is 9.28. The van der Waals surface area contributed by atoms with E-state index in [-0.39, 0.29) is 22.9 Å². The van der Waals surface area contributed by atoms with Crippen molar-refractivity contribution in [3.8, 4) is 5.75 Å². The SMILES string of the molecule is CN(C)c1nc(NCc2ccccc2)nc(NN=Cc2cc([N+](=O)[O-])ccc2O)n1. The normalized spacial score (nSPS) is 10.7. The topological polar surface area (TPSA) is 142 Å². The second-order valence-electron chi connectivity index (χ2n) is 6.39. The first kappa shape index (κ1) is 20.5. The molecule has 0 aliphatic carbocycles. The van der Waals surface area contributed by atoms with Crippen LogP contribution < -0.4 is 15.6 Å². The van der Waals surface area contributed by atoms with E-state index in [9.17, 15) is 15.2 Å². The van der Waals surface area contributed by atoms with Crippen molar-refractivity contribution >= 4 is 29.7 Å². The number of non-ortho nitro benzene ring substituents is 1. The first-order valence-corrected chi connectivity index (χ1v) is 8.90. The van der Waals surface area contributed by atoms with Gasteiger partial charge in [0, 0.05) is 38.3 Å². The minimum absolute atomic E-state index is 0.138. The fourth-order valence-electron chi connectivity index (χ4n) is 2.39. The van der Waals surface area contributed by atoms with E-state index in [1.165, 1.54) is 24.4 Å². The van der Waals surface area contributed by atoms with Gasteiger partial charge < -0.3 is 15.3 Å². The summed E-state index contributed by atoms with van der Waals surface area (Å²) < 4.78 is 0. The molecule has 3 aromatic rings. The van der Waals surface area contributed by atoms with E-state index in [0.717, 1.165) is 5.56 Å². The van der Waals surface area contributed by atoms with Crippen molar-refractivity contribution < 1.29 is 10.0 Å². The van der Waals surface area contributed by atoms with E-state index in [1.807, 2.05) is 30.3 Å². The number of hydrogen-bond acceptors (Lipinski definition) is 10. The van der Waals surface area contributed by atoms with Gasteiger partial charge in [-0.25, -0.2) is 5.43 Å². The summed E-state index contributed by atoms with van der Waals surface area (Å²) >= 11 is 0. The largest absolute Gasteiger partial charge is 0.507 e. The number of anilines is 3. The molecule has 11 heteroatoms. The Morgan fingerprint density at radius 1 is 1.13 bits per heavy atom. The molecule has 0 unspecified atom stereocenters. The molecule has 0 amide bonds. The molecule has 30 heavy (non-hydrogen) atoms. The molecule has 0 aliphatic rings. The molecule has 0 saturated carbocycles. The molecular weight excluding hydrogens is 388 g/mol. The molecule has 2 aromatic carbocycles. The van der Waals surface area contributed by atoms with Crippen LogP contribution in [0.1, 0.15) is 11.1 Å². The number of rotatable bonds is 8. The molecule has 0 aliphatic heterocycles. The van der Waals surface area contributed by atoms with Gasteiger partial charge in [0.1, 0.15) is 5.75 Å². The van der Waals surface area contributed by atoms with Crippen molar-refractivity contribution in [2.45, 2.75) is 6.54 Å². The maximum atomic E-state index is 10.9. The zero-order chi connectivity index (χ0) is 21.5. The van der Waals surface area contributed by atoms with Crippen LogP contribution >= 0.6 is 0 Å². The molecule has 3 rings (SSSR count). The lowest BCUT2D eigenvalue weighted by molar-refractivity contribution is -0.384. The molecular formula is C19H20N8O3. The van der Waals surface area contributed by atoms with Gasteiger partial charge in [0.25, 0.3) is 5.69 Å². The highest BCUT2D eigenvalue weighted by Gasteiger charge is 2.10. The first-order chi connectivity index (χ1) is 14.4.